The minimum Gasteiger partial charge on any atom is -0.458 e. The quantitative estimate of drug-likeness (QED) is 0.588. The standard InChI is InChI=1S/C12H14O2/c1-7-4-5-10-8(2)9(3)14-12(13)11(10)6-7/h4-6,8-9H,1-3H3/t8-,9+/m0/s1. The first kappa shape index (κ1) is 9.25. The molecule has 2 rings (SSSR count). The van der Waals surface area contributed by atoms with Crippen LogP contribution in [0, 0.1) is 6.92 Å². The number of rotatable bonds is 0. The predicted octanol–water partition coefficient (Wildman–Crippen LogP) is 2.66. The van der Waals surface area contributed by atoms with Crippen LogP contribution < -0.4 is 0 Å². The number of ether oxygens (including phenoxy) is 1. The van der Waals surface area contributed by atoms with Crippen LogP contribution in [0.3, 0.4) is 0 Å². The second-order valence-corrected chi connectivity index (χ2v) is 3.99. The molecule has 0 radical (unpaired) electrons. The fourth-order valence-corrected chi connectivity index (χ4v) is 1.83. The minimum atomic E-state index is -0.186. The number of hydrogen-bond acceptors (Lipinski definition) is 2. The van der Waals surface area contributed by atoms with Gasteiger partial charge in [-0.25, -0.2) is 4.79 Å². The Balaban J connectivity index is 2.56. The molecule has 2 heteroatoms. The highest BCUT2D eigenvalue weighted by atomic mass is 16.5. The van der Waals surface area contributed by atoms with E-state index in [9.17, 15) is 4.79 Å². The Hall–Kier alpha value is -1.31. The Bertz CT molecular complexity index is 382. The number of hydrogen-bond donors (Lipinski definition) is 0. The fraction of sp³-hybridized carbons (Fsp3) is 0.417. The van der Waals surface area contributed by atoms with Crippen LogP contribution in [0.4, 0.5) is 0 Å². The number of carbonyl (C=O) groups is 1. The highest BCUT2D eigenvalue weighted by Crippen LogP contribution is 2.31. The van der Waals surface area contributed by atoms with Gasteiger partial charge in [-0.05, 0) is 25.5 Å². The lowest BCUT2D eigenvalue weighted by Gasteiger charge is -2.28. The molecule has 0 unspecified atom stereocenters. The number of aryl methyl sites for hydroxylation is 1. The average Bonchev–Trinajstić information content (AvgIpc) is 2.14. The van der Waals surface area contributed by atoms with Crippen molar-refractivity contribution in [2.45, 2.75) is 32.8 Å². The van der Waals surface area contributed by atoms with Crippen molar-refractivity contribution in [3.63, 3.8) is 0 Å². The Morgan fingerprint density at radius 1 is 1.29 bits per heavy atom. The van der Waals surface area contributed by atoms with Crippen molar-refractivity contribution in [1.82, 2.24) is 0 Å². The second-order valence-electron chi connectivity index (χ2n) is 3.99. The Morgan fingerprint density at radius 3 is 2.71 bits per heavy atom. The summed E-state index contributed by atoms with van der Waals surface area (Å²) in [4.78, 5) is 11.6. The zero-order valence-corrected chi connectivity index (χ0v) is 8.70. The van der Waals surface area contributed by atoms with Crippen LogP contribution in [0.25, 0.3) is 0 Å². The number of esters is 1. The van der Waals surface area contributed by atoms with Gasteiger partial charge in [0.15, 0.2) is 0 Å². The summed E-state index contributed by atoms with van der Waals surface area (Å²) in [5.74, 6) is 0.109. The van der Waals surface area contributed by atoms with Crippen molar-refractivity contribution in [2.24, 2.45) is 0 Å². The largest absolute Gasteiger partial charge is 0.458 e. The van der Waals surface area contributed by atoms with Gasteiger partial charge >= 0.3 is 5.97 Å². The van der Waals surface area contributed by atoms with E-state index < -0.39 is 0 Å². The topological polar surface area (TPSA) is 26.3 Å². The molecule has 1 heterocycles. The number of carbonyl (C=O) groups excluding carboxylic acids is 1. The van der Waals surface area contributed by atoms with Gasteiger partial charge in [0.1, 0.15) is 6.10 Å². The van der Waals surface area contributed by atoms with Gasteiger partial charge in [-0.15, -0.1) is 0 Å². The molecule has 0 saturated heterocycles. The Kier molecular flexibility index (Phi) is 2.06. The zero-order valence-electron chi connectivity index (χ0n) is 8.70. The molecule has 74 valence electrons. The molecule has 0 saturated carbocycles. The summed E-state index contributed by atoms with van der Waals surface area (Å²) in [7, 11) is 0. The SMILES string of the molecule is Cc1ccc2c(c1)C(=O)O[C@H](C)[C@@H]2C. The molecular formula is C12H14O2. The van der Waals surface area contributed by atoms with E-state index in [1.807, 2.05) is 32.0 Å². The van der Waals surface area contributed by atoms with Gasteiger partial charge in [-0.2, -0.15) is 0 Å². The molecule has 1 aliphatic heterocycles. The predicted molar refractivity (Wildman–Crippen MR) is 54.5 cm³/mol. The fourth-order valence-electron chi connectivity index (χ4n) is 1.83. The van der Waals surface area contributed by atoms with Gasteiger partial charge in [0, 0.05) is 5.92 Å². The minimum absolute atomic E-state index is 0.0160. The third kappa shape index (κ3) is 1.31. The summed E-state index contributed by atoms with van der Waals surface area (Å²) in [6.45, 7) is 6.01. The maximum atomic E-state index is 11.6. The summed E-state index contributed by atoms with van der Waals surface area (Å²) in [6.07, 6.45) is -0.0160. The lowest BCUT2D eigenvalue weighted by atomic mass is 9.88. The Morgan fingerprint density at radius 2 is 2.00 bits per heavy atom. The van der Waals surface area contributed by atoms with Crippen LogP contribution in [0.2, 0.25) is 0 Å². The van der Waals surface area contributed by atoms with Gasteiger partial charge in [0.05, 0.1) is 5.56 Å². The van der Waals surface area contributed by atoms with Gasteiger partial charge in [-0.1, -0.05) is 24.6 Å². The van der Waals surface area contributed by atoms with Crippen molar-refractivity contribution >= 4 is 5.97 Å². The van der Waals surface area contributed by atoms with Crippen molar-refractivity contribution < 1.29 is 9.53 Å². The molecule has 1 aliphatic rings. The van der Waals surface area contributed by atoms with Gasteiger partial charge in [0.25, 0.3) is 0 Å². The van der Waals surface area contributed by atoms with Crippen LogP contribution in [-0.2, 0) is 4.74 Å². The molecule has 2 nitrogen and oxygen atoms in total. The summed E-state index contributed by atoms with van der Waals surface area (Å²) < 4.78 is 5.24. The van der Waals surface area contributed by atoms with E-state index in [1.54, 1.807) is 0 Å². The maximum Gasteiger partial charge on any atom is 0.338 e. The third-order valence-electron chi connectivity index (χ3n) is 2.92. The van der Waals surface area contributed by atoms with E-state index >= 15 is 0 Å². The van der Waals surface area contributed by atoms with Crippen LogP contribution >= 0.6 is 0 Å². The van der Waals surface area contributed by atoms with E-state index in [4.69, 9.17) is 4.74 Å². The molecule has 0 aliphatic carbocycles. The lowest BCUT2D eigenvalue weighted by Crippen LogP contribution is -2.28. The molecule has 0 bridgehead atoms. The van der Waals surface area contributed by atoms with Crippen LogP contribution in [0.5, 0.6) is 0 Å². The smallest absolute Gasteiger partial charge is 0.338 e. The number of fused-ring (bicyclic) bond motifs is 1. The van der Waals surface area contributed by atoms with E-state index in [2.05, 4.69) is 6.92 Å². The molecule has 0 aromatic heterocycles. The maximum absolute atomic E-state index is 11.6. The molecule has 1 aromatic carbocycles. The van der Waals surface area contributed by atoms with E-state index in [0.29, 0.717) is 5.92 Å². The molecule has 0 fully saturated rings. The summed E-state index contributed by atoms with van der Waals surface area (Å²) in [5.41, 5.74) is 2.94. The lowest BCUT2D eigenvalue weighted by molar-refractivity contribution is 0.0241. The molecule has 1 aromatic rings. The first-order valence-corrected chi connectivity index (χ1v) is 4.91. The molecule has 0 amide bonds. The third-order valence-corrected chi connectivity index (χ3v) is 2.92. The molecule has 14 heavy (non-hydrogen) atoms. The van der Waals surface area contributed by atoms with E-state index in [-0.39, 0.29) is 12.1 Å². The van der Waals surface area contributed by atoms with Crippen molar-refractivity contribution in [2.75, 3.05) is 0 Å². The highest BCUT2D eigenvalue weighted by molar-refractivity contribution is 5.92. The Labute approximate surface area is 83.9 Å². The molecule has 0 N–H and O–H groups in total. The van der Waals surface area contributed by atoms with Crippen LogP contribution in [-0.4, -0.2) is 12.1 Å². The normalized spacial score (nSPS) is 25.5. The second kappa shape index (κ2) is 3.12. The van der Waals surface area contributed by atoms with Crippen molar-refractivity contribution in [3.05, 3.63) is 34.9 Å². The van der Waals surface area contributed by atoms with E-state index in [1.165, 1.54) is 0 Å². The number of cyclic esters (lactones) is 1. The van der Waals surface area contributed by atoms with Crippen molar-refractivity contribution in [3.8, 4) is 0 Å². The molecule has 0 spiro atoms. The van der Waals surface area contributed by atoms with Gasteiger partial charge in [-0.3, -0.25) is 0 Å². The van der Waals surface area contributed by atoms with Crippen LogP contribution in [0.1, 0.15) is 41.3 Å². The highest BCUT2D eigenvalue weighted by Gasteiger charge is 2.29. The monoisotopic (exact) mass is 190 g/mol. The summed E-state index contributed by atoms with van der Waals surface area (Å²) in [5, 5.41) is 0. The van der Waals surface area contributed by atoms with Crippen molar-refractivity contribution in [1.29, 1.82) is 0 Å². The first-order valence-electron chi connectivity index (χ1n) is 4.91. The molecule has 2 atom stereocenters. The van der Waals surface area contributed by atoms with Crippen LogP contribution in [0.15, 0.2) is 18.2 Å². The van der Waals surface area contributed by atoms with E-state index in [0.717, 1.165) is 16.7 Å². The van der Waals surface area contributed by atoms with Gasteiger partial charge < -0.3 is 4.74 Å². The summed E-state index contributed by atoms with van der Waals surface area (Å²) >= 11 is 0. The summed E-state index contributed by atoms with van der Waals surface area (Å²) in [6, 6.07) is 5.98. The average molecular weight is 190 g/mol. The molecular weight excluding hydrogens is 176 g/mol. The first-order chi connectivity index (χ1) is 6.59. The number of benzene rings is 1. The zero-order chi connectivity index (χ0) is 10.3. The van der Waals surface area contributed by atoms with Gasteiger partial charge in [0.2, 0.25) is 0 Å².